The van der Waals surface area contributed by atoms with E-state index in [0.717, 1.165) is 30.5 Å². The molecule has 0 aromatic carbocycles. The number of methoxy groups -OCH3 is 1. The van der Waals surface area contributed by atoms with E-state index in [1.807, 2.05) is 11.3 Å². The van der Waals surface area contributed by atoms with Gasteiger partial charge in [0.25, 0.3) is 0 Å². The molecule has 0 unspecified atom stereocenters. The minimum absolute atomic E-state index is 0.626. The Kier molecular flexibility index (Phi) is 6.41. The van der Waals surface area contributed by atoms with E-state index < -0.39 is 0 Å². The van der Waals surface area contributed by atoms with Gasteiger partial charge in [-0.2, -0.15) is 0 Å². The number of hydrogen-bond acceptors (Lipinski definition) is 6. The fourth-order valence-electron chi connectivity index (χ4n) is 2.64. The molecule has 1 aromatic heterocycles. The van der Waals surface area contributed by atoms with Gasteiger partial charge in [-0.3, -0.25) is 0 Å². The van der Waals surface area contributed by atoms with Crippen LogP contribution in [0.2, 0.25) is 0 Å². The topological polar surface area (TPSA) is 40.6 Å². The molecule has 1 aliphatic heterocycles. The van der Waals surface area contributed by atoms with Gasteiger partial charge < -0.3 is 19.9 Å². The van der Waals surface area contributed by atoms with E-state index in [2.05, 4.69) is 36.1 Å². The van der Waals surface area contributed by atoms with Crippen LogP contribution >= 0.6 is 11.3 Å². The minimum atomic E-state index is 0.626. The number of aromatic nitrogens is 1. The maximum atomic E-state index is 5.05. The van der Waals surface area contributed by atoms with Crippen LogP contribution in [0.1, 0.15) is 23.4 Å². The van der Waals surface area contributed by atoms with Gasteiger partial charge in [0.05, 0.1) is 12.3 Å². The largest absolute Gasteiger partial charge is 0.383 e. The van der Waals surface area contributed by atoms with Gasteiger partial charge in [-0.25, -0.2) is 4.98 Å². The third kappa shape index (κ3) is 4.64. The second-order valence-corrected chi connectivity index (χ2v) is 6.88. The Morgan fingerprint density at radius 2 is 2.14 bits per heavy atom. The summed E-state index contributed by atoms with van der Waals surface area (Å²) in [4.78, 5) is 10.9. The van der Waals surface area contributed by atoms with Gasteiger partial charge >= 0.3 is 0 Å². The van der Waals surface area contributed by atoms with Gasteiger partial charge in [0, 0.05) is 38.2 Å². The Bertz CT molecular complexity index is 429. The molecule has 1 fully saturated rings. The van der Waals surface area contributed by atoms with Gasteiger partial charge in [0.2, 0.25) is 0 Å². The zero-order valence-corrected chi connectivity index (χ0v) is 14.5. The molecule has 5 nitrogen and oxygen atoms in total. The molecule has 1 saturated heterocycles. The monoisotopic (exact) mass is 312 g/mol. The van der Waals surface area contributed by atoms with E-state index in [0.29, 0.717) is 6.04 Å². The van der Waals surface area contributed by atoms with Gasteiger partial charge in [0.15, 0.2) is 5.13 Å². The lowest BCUT2D eigenvalue weighted by atomic mass is 10.0. The number of hydrogen-bond donors (Lipinski definition) is 1. The first-order chi connectivity index (χ1) is 10.1. The van der Waals surface area contributed by atoms with Crippen molar-refractivity contribution in [3.63, 3.8) is 0 Å². The van der Waals surface area contributed by atoms with Crippen LogP contribution in [0.15, 0.2) is 0 Å². The van der Waals surface area contributed by atoms with E-state index in [1.165, 1.54) is 30.8 Å². The summed E-state index contributed by atoms with van der Waals surface area (Å²) >= 11 is 1.82. The summed E-state index contributed by atoms with van der Waals surface area (Å²) in [7, 11) is 6.12. The summed E-state index contributed by atoms with van der Waals surface area (Å²) in [5, 5.41) is 4.56. The highest BCUT2D eigenvalue weighted by molar-refractivity contribution is 7.15. The molecule has 21 heavy (non-hydrogen) atoms. The number of ether oxygens (including phenoxy) is 1. The van der Waals surface area contributed by atoms with Crippen molar-refractivity contribution >= 4 is 16.5 Å². The number of likely N-dealkylation sites (tertiary alicyclic amines) is 1. The smallest absolute Gasteiger partial charge is 0.185 e. The number of nitrogens with one attached hydrogen (secondary N) is 1. The molecule has 0 saturated carbocycles. The van der Waals surface area contributed by atoms with Gasteiger partial charge in [-0.15, -0.1) is 11.3 Å². The van der Waals surface area contributed by atoms with Crippen molar-refractivity contribution in [2.45, 2.75) is 32.4 Å². The van der Waals surface area contributed by atoms with Crippen LogP contribution in [0.3, 0.4) is 0 Å². The second-order valence-electron chi connectivity index (χ2n) is 5.82. The lowest BCUT2D eigenvalue weighted by molar-refractivity contribution is 0.199. The molecule has 0 amide bonds. The van der Waals surface area contributed by atoms with Crippen LogP contribution in [0.4, 0.5) is 5.13 Å². The Morgan fingerprint density at radius 1 is 1.43 bits per heavy atom. The van der Waals surface area contributed by atoms with Crippen molar-refractivity contribution in [2.75, 3.05) is 52.3 Å². The highest BCUT2D eigenvalue weighted by Crippen LogP contribution is 2.28. The van der Waals surface area contributed by atoms with Crippen molar-refractivity contribution in [3.05, 3.63) is 10.6 Å². The highest BCUT2D eigenvalue weighted by atomic mass is 32.1. The Morgan fingerprint density at radius 3 is 2.81 bits per heavy atom. The number of thiazole rings is 1. The SMILES string of the molecule is COCCNCc1sc(N(C)C2CCN(C)CC2)nc1C. The van der Waals surface area contributed by atoms with Crippen LogP contribution in [-0.4, -0.2) is 63.4 Å². The average molecular weight is 312 g/mol. The molecule has 0 radical (unpaired) electrons. The van der Waals surface area contributed by atoms with Gasteiger partial charge in [-0.1, -0.05) is 0 Å². The van der Waals surface area contributed by atoms with Crippen LogP contribution in [0.5, 0.6) is 0 Å². The molecule has 0 aliphatic carbocycles. The molecule has 1 aromatic rings. The fourth-order valence-corrected chi connectivity index (χ4v) is 3.71. The number of aryl methyl sites for hydroxylation is 1. The van der Waals surface area contributed by atoms with Crippen LogP contribution < -0.4 is 10.2 Å². The van der Waals surface area contributed by atoms with Gasteiger partial charge in [0.1, 0.15) is 0 Å². The number of nitrogens with zero attached hydrogens (tertiary/aromatic N) is 3. The standard InChI is InChI=1S/C15H28N4OS/c1-12-14(11-16-7-10-20-4)21-15(17-12)19(3)13-5-8-18(2)9-6-13/h13,16H,5-11H2,1-4H3. The Labute approximate surface area is 132 Å². The predicted molar refractivity (Wildman–Crippen MR) is 89.4 cm³/mol. The first-order valence-electron chi connectivity index (χ1n) is 7.69. The molecule has 6 heteroatoms. The van der Waals surface area contributed by atoms with E-state index in [1.54, 1.807) is 7.11 Å². The van der Waals surface area contributed by atoms with Crippen LogP contribution in [-0.2, 0) is 11.3 Å². The molecule has 2 heterocycles. The quantitative estimate of drug-likeness (QED) is 0.776. The Balaban J connectivity index is 1.90. The summed E-state index contributed by atoms with van der Waals surface area (Å²) in [5.74, 6) is 0. The van der Waals surface area contributed by atoms with Gasteiger partial charge in [-0.05, 0) is 39.9 Å². The van der Waals surface area contributed by atoms with E-state index in [4.69, 9.17) is 9.72 Å². The maximum absolute atomic E-state index is 5.05. The molecular weight excluding hydrogens is 284 g/mol. The molecule has 1 aliphatic rings. The summed E-state index contributed by atoms with van der Waals surface area (Å²) in [6.07, 6.45) is 2.46. The molecular formula is C15H28N4OS. The second kappa shape index (κ2) is 8.08. The summed E-state index contributed by atoms with van der Waals surface area (Å²) in [6, 6.07) is 0.626. The zero-order chi connectivity index (χ0) is 15.2. The summed E-state index contributed by atoms with van der Waals surface area (Å²) in [6.45, 7) is 6.99. The molecule has 0 atom stereocenters. The molecule has 120 valence electrons. The third-order valence-corrected chi connectivity index (χ3v) is 5.44. The van der Waals surface area contributed by atoms with E-state index in [-0.39, 0.29) is 0 Å². The number of anilines is 1. The van der Waals surface area contributed by atoms with E-state index >= 15 is 0 Å². The summed E-state index contributed by atoms with van der Waals surface area (Å²) < 4.78 is 5.05. The normalized spacial score (nSPS) is 17.3. The van der Waals surface area contributed by atoms with E-state index in [9.17, 15) is 0 Å². The first-order valence-corrected chi connectivity index (χ1v) is 8.50. The van der Waals surface area contributed by atoms with Crippen LogP contribution in [0.25, 0.3) is 0 Å². The summed E-state index contributed by atoms with van der Waals surface area (Å²) in [5.41, 5.74) is 1.15. The van der Waals surface area contributed by atoms with Crippen LogP contribution in [0, 0.1) is 6.92 Å². The molecule has 2 rings (SSSR count). The number of piperidine rings is 1. The Hall–Kier alpha value is -0.690. The van der Waals surface area contributed by atoms with Crippen molar-refractivity contribution in [1.29, 1.82) is 0 Å². The fraction of sp³-hybridized carbons (Fsp3) is 0.800. The minimum Gasteiger partial charge on any atom is -0.383 e. The lowest BCUT2D eigenvalue weighted by Gasteiger charge is -2.34. The van der Waals surface area contributed by atoms with Crippen molar-refractivity contribution in [2.24, 2.45) is 0 Å². The molecule has 0 bridgehead atoms. The predicted octanol–water partition coefficient (Wildman–Crippen LogP) is 1.72. The highest BCUT2D eigenvalue weighted by Gasteiger charge is 2.23. The number of rotatable bonds is 7. The molecule has 0 spiro atoms. The maximum Gasteiger partial charge on any atom is 0.185 e. The van der Waals surface area contributed by atoms with Crippen molar-refractivity contribution in [1.82, 2.24) is 15.2 Å². The zero-order valence-electron chi connectivity index (χ0n) is 13.7. The molecule has 1 N–H and O–H groups in total. The third-order valence-electron chi connectivity index (χ3n) is 4.19. The average Bonchev–Trinajstić information content (AvgIpc) is 2.85. The van der Waals surface area contributed by atoms with Crippen molar-refractivity contribution < 1.29 is 4.74 Å². The lowest BCUT2D eigenvalue weighted by Crippen LogP contribution is -2.41. The first kappa shape index (κ1) is 16.7. The van der Waals surface area contributed by atoms with Crippen molar-refractivity contribution in [3.8, 4) is 0 Å².